The summed E-state index contributed by atoms with van der Waals surface area (Å²) >= 11 is 0. The van der Waals surface area contributed by atoms with Gasteiger partial charge in [0.25, 0.3) is 0 Å². The van der Waals surface area contributed by atoms with Crippen LogP contribution in [-0.2, 0) is 0 Å². The minimum absolute atomic E-state index is 0.0141. The lowest BCUT2D eigenvalue weighted by atomic mass is 10.1. The van der Waals surface area contributed by atoms with Crippen LogP contribution in [0.3, 0.4) is 0 Å². The SMILES string of the molecule is Cc1nc(-c2ccccc2NC(=O)N[C@H](C)[C@@H](C)CO)no1. The molecule has 0 aliphatic rings. The Balaban J connectivity index is 2.12. The van der Waals surface area contributed by atoms with Crippen molar-refractivity contribution in [3.8, 4) is 11.4 Å². The van der Waals surface area contributed by atoms with Crippen LogP contribution in [0.5, 0.6) is 0 Å². The molecule has 0 aliphatic carbocycles. The van der Waals surface area contributed by atoms with Gasteiger partial charge in [-0.25, -0.2) is 4.79 Å². The second-order valence-corrected chi connectivity index (χ2v) is 5.23. The van der Waals surface area contributed by atoms with E-state index in [1.165, 1.54) is 0 Å². The molecule has 0 fully saturated rings. The highest BCUT2D eigenvalue weighted by Gasteiger charge is 2.16. The second kappa shape index (κ2) is 7.04. The molecule has 2 atom stereocenters. The molecule has 2 amide bonds. The van der Waals surface area contributed by atoms with E-state index in [4.69, 9.17) is 9.63 Å². The monoisotopic (exact) mass is 304 g/mol. The maximum absolute atomic E-state index is 12.1. The van der Waals surface area contributed by atoms with E-state index in [1.54, 1.807) is 19.1 Å². The van der Waals surface area contributed by atoms with Crippen LogP contribution in [0.4, 0.5) is 10.5 Å². The van der Waals surface area contributed by atoms with E-state index < -0.39 is 0 Å². The van der Waals surface area contributed by atoms with Gasteiger partial charge in [0, 0.05) is 25.1 Å². The van der Waals surface area contributed by atoms with Crippen LogP contribution < -0.4 is 10.6 Å². The van der Waals surface area contributed by atoms with Crippen molar-refractivity contribution in [3.05, 3.63) is 30.2 Å². The van der Waals surface area contributed by atoms with E-state index >= 15 is 0 Å². The lowest BCUT2D eigenvalue weighted by Crippen LogP contribution is -2.40. The molecule has 0 unspecified atom stereocenters. The molecule has 2 rings (SSSR count). The highest BCUT2D eigenvalue weighted by Crippen LogP contribution is 2.25. The Labute approximate surface area is 128 Å². The van der Waals surface area contributed by atoms with Crippen molar-refractivity contribution in [1.29, 1.82) is 0 Å². The summed E-state index contributed by atoms with van der Waals surface area (Å²) in [5, 5.41) is 18.5. The molecule has 1 heterocycles. The first-order chi connectivity index (χ1) is 10.5. The average molecular weight is 304 g/mol. The smallest absolute Gasteiger partial charge is 0.319 e. The summed E-state index contributed by atoms with van der Waals surface area (Å²) in [6.07, 6.45) is 0. The molecule has 0 aliphatic heterocycles. The number of aliphatic hydroxyl groups is 1. The van der Waals surface area contributed by atoms with Crippen molar-refractivity contribution in [2.24, 2.45) is 5.92 Å². The third kappa shape index (κ3) is 3.82. The van der Waals surface area contributed by atoms with Crippen LogP contribution in [0.25, 0.3) is 11.4 Å². The van der Waals surface area contributed by atoms with Gasteiger partial charge in [-0.3, -0.25) is 0 Å². The zero-order valence-corrected chi connectivity index (χ0v) is 12.8. The molecule has 7 heteroatoms. The van der Waals surface area contributed by atoms with Gasteiger partial charge in [-0.05, 0) is 25.0 Å². The Hall–Kier alpha value is -2.41. The number of anilines is 1. The standard InChI is InChI=1S/C15H20N4O3/c1-9(8-20)10(2)16-15(21)18-13-7-5-4-6-12(13)14-17-11(3)22-19-14/h4-7,9-10,20H,8H2,1-3H3,(H2,16,18,21)/t9-,10+/m0/s1. The van der Waals surface area contributed by atoms with Gasteiger partial charge >= 0.3 is 6.03 Å². The number of aromatic nitrogens is 2. The summed E-state index contributed by atoms with van der Waals surface area (Å²) in [5.41, 5.74) is 1.27. The highest BCUT2D eigenvalue weighted by atomic mass is 16.5. The molecule has 3 N–H and O–H groups in total. The minimum Gasteiger partial charge on any atom is -0.396 e. The number of hydrogen-bond donors (Lipinski definition) is 3. The summed E-state index contributed by atoms with van der Waals surface area (Å²) in [4.78, 5) is 16.2. The lowest BCUT2D eigenvalue weighted by Gasteiger charge is -2.20. The summed E-state index contributed by atoms with van der Waals surface area (Å²) in [6.45, 7) is 5.42. The quantitative estimate of drug-likeness (QED) is 0.786. The Morgan fingerprint density at radius 2 is 2.09 bits per heavy atom. The number of urea groups is 1. The van der Waals surface area contributed by atoms with Gasteiger partial charge in [0.15, 0.2) is 0 Å². The fourth-order valence-electron chi connectivity index (χ4n) is 1.86. The third-order valence-corrected chi connectivity index (χ3v) is 3.44. The topological polar surface area (TPSA) is 100 Å². The fourth-order valence-corrected chi connectivity index (χ4v) is 1.86. The van der Waals surface area contributed by atoms with Gasteiger partial charge in [0.05, 0.1) is 5.69 Å². The number of carbonyl (C=O) groups excluding carboxylic acids is 1. The van der Waals surface area contributed by atoms with E-state index in [9.17, 15) is 4.79 Å². The molecule has 7 nitrogen and oxygen atoms in total. The van der Waals surface area contributed by atoms with Crippen molar-refractivity contribution in [3.63, 3.8) is 0 Å². The van der Waals surface area contributed by atoms with Crippen molar-refractivity contribution in [2.75, 3.05) is 11.9 Å². The molecule has 0 radical (unpaired) electrons. The molecule has 0 bridgehead atoms. The van der Waals surface area contributed by atoms with E-state index in [1.807, 2.05) is 26.0 Å². The summed E-state index contributed by atoms with van der Waals surface area (Å²) in [5.74, 6) is 0.852. The molecular weight excluding hydrogens is 284 g/mol. The number of nitrogens with zero attached hydrogens (tertiary/aromatic N) is 2. The van der Waals surface area contributed by atoms with Crippen LogP contribution >= 0.6 is 0 Å². The Bertz CT molecular complexity index is 641. The second-order valence-electron chi connectivity index (χ2n) is 5.23. The number of rotatable bonds is 5. The van der Waals surface area contributed by atoms with E-state index in [2.05, 4.69) is 20.8 Å². The lowest BCUT2D eigenvalue weighted by molar-refractivity contribution is 0.204. The van der Waals surface area contributed by atoms with Crippen LogP contribution in [-0.4, -0.2) is 33.9 Å². The van der Waals surface area contributed by atoms with Crippen LogP contribution in [0.15, 0.2) is 28.8 Å². The molecule has 2 aromatic rings. The molecular formula is C15H20N4O3. The third-order valence-electron chi connectivity index (χ3n) is 3.44. The number of nitrogens with one attached hydrogen (secondary N) is 2. The van der Waals surface area contributed by atoms with Crippen LogP contribution in [0, 0.1) is 12.8 Å². The summed E-state index contributed by atoms with van der Waals surface area (Å²) in [7, 11) is 0. The molecule has 1 aromatic carbocycles. The van der Waals surface area contributed by atoms with Crippen molar-refractivity contribution in [1.82, 2.24) is 15.5 Å². The van der Waals surface area contributed by atoms with Crippen molar-refractivity contribution >= 4 is 11.7 Å². The van der Waals surface area contributed by atoms with E-state index in [-0.39, 0.29) is 24.6 Å². The number of hydrogen-bond acceptors (Lipinski definition) is 5. The van der Waals surface area contributed by atoms with Crippen molar-refractivity contribution < 1.29 is 14.4 Å². The van der Waals surface area contributed by atoms with Gasteiger partial charge in [-0.2, -0.15) is 4.98 Å². The number of aliphatic hydroxyl groups excluding tert-OH is 1. The maximum Gasteiger partial charge on any atom is 0.319 e. The molecule has 1 aromatic heterocycles. The number of aryl methyl sites for hydroxylation is 1. The highest BCUT2D eigenvalue weighted by molar-refractivity contribution is 5.93. The molecule has 22 heavy (non-hydrogen) atoms. The number of carbonyl (C=O) groups is 1. The number of amides is 2. The van der Waals surface area contributed by atoms with Gasteiger partial charge in [-0.1, -0.05) is 24.2 Å². The summed E-state index contributed by atoms with van der Waals surface area (Å²) in [6, 6.07) is 6.72. The first-order valence-corrected chi connectivity index (χ1v) is 7.09. The van der Waals surface area contributed by atoms with Crippen LogP contribution in [0.1, 0.15) is 19.7 Å². The largest absolute Gasteiger partial charge is 0.396 e. The molecule has 0 spiro atoms. The fraction of sp³-hybridized carbons (Fsp3) is 0.400. The normalized spacial score (nSPS) is 13.5. The molecule has 0 saturated carbocycles. The first kappa shape index (κ1) is 16.0. The minimum atomic E-state index is -0.347. The molecule has 118 valence electrons. The Morgan fingerprint density at radius 3 is 2.73 bits per heavy atom. The number of benzene rings is 1. The molecule has 0 saturated heterocycles. The van der Waals surface area contributed by atoms with Crippen molar-refractivity contribution in [2.45, 2.75) is 26.8 Å². The Morgan fingerprint density at radius 1 is 1.36 bits per heavy atom. The van der Waals surface area contributed by atoms with Crippen LogP contribution in [0.2, 0.25) is 0 Å². The average Bonchev–Trinajstić information content (AvgIpc) is 2.93. The van der Waals surface area contributed by atoms with E-state index in [0.717, 1.165) is 0 Å². The van der Waals surface area contributed by atoms with Gasteiger partial charge in [0.2, 0.25) is 11.7 Å². The van der Waals surface area contributed by atoms with Gasteiger partial charge < -0.3 is 20.3 Å². The predicted octanol–water partition coefficient (Wildman–Crippen LogP) is 2.18. The predicted molar refractivity (Wildman–Crippen MR) is 82.3 cm³/mol. The maximum atomic E-state index is 12.1. The van der Waals surface area contributed by atoms with Gasteiger partial charge in [-0.15, -0.1) is 0 Å². The van der Waals surface area contributed by atoms with Gasteiger partial charge in [0.1, 0.15) is 0 Å². The van der Waals surface area contributed by atoms with E-state index in [0.29, 0.717) is 23.0 Å². The number of para-hydroxylation sites is 1. The zero-order valence-electron chi connectivity index (χ0n) is 12.8. The Kier molecular flexibility index (Phi) is 5.11. The first-order valence-electron chi connectivity index (χ1n) is 7.09. The summed E-state index contributed by atoms with van der Waals surface area (Å²) < 4.78 is 4.97. The zero-order chi connectivity index (χ0) is 16.1.